The highest BCUT2D eigenvalue weighted by atomic mass is 19.1. The van der Waals surface area contributed by atoms with Crippen molar-refractivity contribution in [3.63, 3.8) is 0 Å². The minimum atomic E-state index is -0.793. The van der Waals surface area contributed by atoms with Crippen molar-refractivity contribution in [3.05, 3.63) is 95.7 Å². The van der Waals surface area contributed by atoms with Crippen molar-refractivity contribution in [2.75, 3.05) is 32.8 Å². The van der Waals surface area contributed by atoms with Crippen LogP contribution >= 0.6 is 0 Å². The van der Waals surface area contributed by atoms with Crippen molar-refractivity contribution in [1.82, 2.24) is 15.5 Å². The Bertz CT molecular complexity index is 1050. The van der Waals surface area contributed by atoms with Crippen LogP contribution in [0.1, 0.15) is 27.7 Å². The fourth-order valence-corrected chi connectivity index (χ4v) is 4.05. The Labute approximate surface area is 197 Å². The normalized spacial score (nSPS) is 15.9. The van der Waals surface area contributed by atoms with E-state index in [0.29, 0.717) is 39.3 Å². The van der Waals surface area contributed by atoms with Gasteiger partial charge in [0.2, 0.25) is 5.91 Å². The average Bonchev–Trinajstić information content (AvgIpc) is 3.41. The van der Waals surface area contributed by atoms with Gasteiger partial charge in [0.15, 0.2) is 5.76 Å². The topological polar surface area (TPSA) is 83.8 Å². The smallest absolute Gasteiger partial charge is 0.287 e. The molecule has 1 aliphatic heterocycles. The molecule has 2 N–H and O–H groups in total. The van der Waals surface area contributed by atoms with Crippen LogP contribution in [-0.2, 0) is 16.0 Å². The molecular formula is C26H28FN3O4. The lowest BCUT2D eigenvalue weighted by Crippen LogP contribution is -2.50. The van der Waals surface area contributed by atoms with Gasteiger partial charge in [-0.15, -0.1) is 0 Å². The molecule has 2 aromatic carbocycles. The molecule has 0 spiro atoms. The maximum Gasteiger partial charge on any atom is 0.287 e. The molecule has 178 valence electrons. The van der Waals surface area contributed by atoms with Crippen LogP contribution in [0.5, 0.6) is 0 Å². The number of furan rings is 1. The summed E-state index contributed by atoms with van der Waals surface area (Å²) in [4.78, 5) is 28.1. The summed E-state index contributed by atoms with van der Waals surface area (Å²) >= 11 is 0. The summed E-state index contributed by atoms with van der Waals surface area (Å²) in [7, 11) is 0. The molecule has 34 heavy (non-hydrogen) atoms. The lowest BCUT2D eigenvalue weighted by molar-refractivity contribution is -0.123. The molecule has 1 saturated heterocycles. The van der Waals surface area contributed by atoms with Gasteiger partial charge in [-0.3, -0.25) is 14.5 Å². The molecule has 2 amide bonds. The number of nitrogens with one attached hydrogen (secondary N) is 2. The van der Waals surface area contributed by atoms with Crippen LogP contribution < -0.4 is 10.6 Å². The SMILES string of the molecule is O=C(NC(Cc1ccccc1)C(=O)NCC(c1ccc(F)cc1)N1CCOCC1)c1ccco1. The van der Waals surface area contributed by atoms with Crippen molar-refractivity contribution in [2.45, 2.75) is 18.5 Å². The number of hydrogen-bond donors (Lipinski definition) is 2. The fourth-order valence-electron chi connectivity index (χ4n) is 4.05. The van der Waals surface area contributed by atoms with Crippen molar-refractivity contribution in [1.29, 1.82) is 0 Å². The van der Waals surface area contributed by atoms with Gasteiger partial charge in [0, 0.05) is 26.1 Å². The summed E-state index contributed by atoms with van der Waals surface area (Å²) in [6, 6.07) is 18.1. The third-order valence-electron chi connectivity index (χ3n) is 5.86. The second kappa shape index (κ2) is 11.6. The van der Waals surface area contributed by atoms with E-state index < -0.39 is 11.9 Å². The summed E-state index contributed by atoms with van der Waals surface area (Å²) in [5, 5.41) is 5.79. The average molecular weight is 466 g/mol. The molecule has 0 bridgehead atoms. The van der Waals surface area contributed by atoms with Gasteiger partial charge in [0.1, 0.15) is 11.9 Å². The number of benzene rings is 2. The van der Waals surface area contributed by atoms with Gasteiger partial charge >= 0.3 is 0 Å². The van der Waals surface area contributed by atoms with Crippen molar-refractivity contribution in [3.8, 4) is 0 Å². The van der Waals surface area contributed by atoms with E-state index in [1.165, 1.54) is 18.4 Å². The zero-order valence-electron chi connectivity index (χ0n) is 18.8. The number of ether oxygens (including phenoxy) is 1. The first-order valence-electron chi connectivity index (χ1n) is 11.3. The minimum Gasteiger partial charge on any atom is -0.459 e. The van der Waals surface area contributed by atoms with E-state index in [1.807, 2.05) is 30.3 Å². The van der Waals surface area contributed by atoms with Crippen LogP contribution in [-0.4, -0.2) is 55.6 Å². The highest BCUT2D eigenvalue weighted by molar-refractivity contribution is 5.95. The Morgan fingerprint density at radius 1 is 0.971 bits per heavy atom. The van der Waals surface area contributed by atoms with Crippen LogP contribution in [0, 0.1) is 5.82 Å². The van der Waals surface area contributed by atoms with Crippen molar-refractivity contribution in [2.24, 2.45) is 0 Å². The molecule has 4 rings (SSSR count). The Hall–Kier alpha value is -3.49. The van der Waals surface area contributed by atoms with Crippen molar-refractivity contribution < 1.29 is 23.1 Å². The number of carbonyl (C=O) groups is 2. The summed E-state index contributed by atoms with van der Waals surface area (Å²) in [5.41, 5.74) is 1.83. The molecular weight excluding hydrogens is 437 g/mol. The van der Waals surface area contributed by atoms with Gasteiger partial charge in [0.05, 0.1) is 25.5 Å². The van der Waals surface area contributed by atoms with E-state index >= 15 is 0 Å². The van der Waals surface area contributed by atoms with Crippen molar-refractivity contribution >= 4 is 11.8 Å². The zero-order chi connectivity index (χ0) is 23.8. The van der Waals surface area contributed by atoms with Gasteiger partial charge in [-0.05, 0) is 35.4 Å². The molecule has 1 aliphatic rings. The minimum absolute atomic E-state index is 0.142. The maximum absolute atomic E-state index is 13.5. The molecule has 2 heterocycles. The lowest BCUT2D eigenvalue weighted by Gasteiger charge is -2.35. The number of nitrogens with zero attached hydrogens (tertiary/aromatic N) is 1. The van der Waals surface area contributed by atoms with E-state index in [1.54, 1.807) is 24.3 Å². The molecule has 1 aromatic heterocycles. The quantitative estimate of drug-likeness (QED) is 0.508. The van der Waals surface area contributed by atoms with E-state index in [2.05, 4.69) is 15.5 Å². The van der Waals surface area contributed by atoms with Gasteiger partial charge < -0.3 is 19.8 Å². The van der Waals surface area contributed by atoms with Gasteiger partial charge in [-0.25, -0.2) is 4.39 Å². The van der Waals surface area contributed by atoms with Crippen LogP contribution in [0.4, 0.5) is 4.39 Å². The summed E-state index contributed by atoms with van der Waals surface area (Å²) in [5.74, 6) is -0.922. The van der Waals surface area contributed by atoms with E-state index in [-0.39, 0.29) is 23.5 Å². The summed E-state index contributed by atoms with van der Waals surface area (Å²) in [6.45, 7) is 2.93. The van der Waals surface area contributed by atoms with Gasteiger partial charge in [0.25, 0.3) is 5.91 Å². The second-order valence-corrected chi connectivity index (χ2v) is 8.15. The summed E-state index contributed by atoms with van der Waals surface area (Å²) in [6.07, 6.45) is 1.74. The van der Waals surface area contributed by atoms with Gasteiger partial charge in [-0.2, -0.15) is 0 Å². The number of morpholine rings is 1. The highest BCUT2D eigenvalue weighted by Gasteiger charge is 2.27. The number of hydrogen-bond acceptors (Lipinski definition) is 5. The molecule has 0 radical (unpaired) electrons. The van der Waals surface area contributed by atoms with Crippen LogP contribution in [0.3, 0.4) is 0 Å². The second-order valence-electron chi connectivity index (χ2n) is 8.15. The van der Waals surface area contributed by atoms with E-state index in [4.69, 9.17) is 9.15 Å². The standard InChI is InChI=1S/C26H28FN3O4/c27-21-10-8-20(9-11-21)23(30-12-15-33-16-13-30)18-28-25(31)22(17-19-5-2-1-3-6-19)29-26(32)24-7-4-14-34-24/h1-11,14,22-23H,12-13,15-18H2,(H,28,31)(H,29,32). The molecule has 3 aromatic rings. The number of rotatable bonds is 9. The van der Waals surface area contributed by atoms with Crippen LogP contribution in [0.15, 0.2) is 77.4 Å². The lowest BCUT2D eigenvalue weighted by atomic mass is 10.0. The third kappa shape index (κ3) is 6.30. The van der Waals surface area contributed by atoms with E-state index in [0.717, 1.165) is 11.1 Å². The fraction of sp³-hybridized carbons (Fsp3) is 0.308. The van der Waals surface area contributed by atoms with Gasteiger partial charge in [-0.1, -0.05) is 42.5 Å². The molecule has 7 nitrogen and oxygen atoms in total. The Morgan fingerprint density at radius 3 is 2.38 bits per heavy atom. The number of amides is 2. The number of carbonyl (C=O) groups excluding carboxylic acids is 2. The zero-order valence-corrected chi connectivity index (χ0v) is 18.8. The van der Waals surface area contributed by atoms with Crippen LogP contribution in [0.2, 0.25) is 0 Å². The molecule has 1 fully saturated rings. The Morgan fingerprint density at radius 2 is 1.71 bits per heavy atom. The first kappa shape index (κ1) is 23.7. The third-order valence-corrected chi connectivity index (χ3v) is 5.86. The Kier molecular flexibility index (Phi) is 8.06. The molecule has 0 aliphatic carbocycles. The first-order chi connectivity index (χ1) is 16.6. The monoisotopic (exact) mass is 465 g/mol. The summed E-state index contributed by atoms with van der Waals surface area (Å²) < 4.78 is 24.2. The van der Waals surface area contributed by atoms with E-state index in [9.17, 15) is 14.0 Å². The predicted molar refractivity (Wildman–Crippen MR) is 125 cm³/mol. The first-order valence-corrected chi connectivity index (χ1v) is 11.3. The maximum atomic E-state index is 13.5. The molecule has 8 heteroatoms. The largest absolute Gasteiger partial charge is 0.459 e. The molecule has 2 atom stereocenters. The highest BCUT2D eigenvalue weighted by Crippen LogP contribution is 2.22. The van der Waals surface area contributed by atoms with Crippen LogP contribution in [0.25, 0.3) is 0 Å². The predicted octanol–water partition coefficient (Wildman–Crippen LogP) is 2.95. The number of halogens is 1. The molecule has 0 saturated carbocycles. The Balaban J connectivity index is 1.48. The molecule has 2 unspecified atom stereocenters.